The highest BCUT2D eigenvalue weighted by molar-refractivity contribution is 7.99. The van der Waals surface area contributed by atoms with E-state index in [1.54, 1.807) is 11.8 Å². The van der Waals surface area contributed by atoms with Gasteiger partial charge in [0.05, 0.1) is 29.1 Å². The topological polar surface area (TPSA) is 66.4 Å². The first kappa shape index (κ1) is 12.2. The number of ether oxygens (including phenoxy) is 1. The highest BCUT2D eigenvalue weighted by Crippen LogP contribution is 1.97. The monoisotopic (exact) mass is 213 g/mol. The van der Waals surface area contributed by atoms with E-state index in [9.17, 15) is 13.0 Å². The zero-order valence-electron chi connectivity index (χ0n) is 6.99. The lowest BCUT2D eigenvalue weighted by Crippen LogP contribution is -2.12. The van der Waals surface area contributed by atoms with Crippen LogP contribution in [-0.4, -0.2) is 43.4 Å². The van der Waals surface area contributed by atoms with Gasteiger partial charge in [0.1, 0.15) is 0 Å². The Hall–Kier alpha value is 0.220. The van der Waals surface area contributed by atoms with E-state index in [2.05, 4.69) is 0 Å². The Bertz CT molecular complexity index is 188. The molecule has 0 N–H and O–H groups in total. The van der Waals surface area contributed by atoms with Gasteiger partial charge in [-0.1, -0.05) is 6.92 Å². The Morgan fingerprint density at radius 2 is 2.08 bits per heavy atom. The molecule has 0 aromatic rings. The van der Waals surface area contributed by atoms with Crippen LogP contribution in [0.1, 0.15) is 6.92 Å². The quantitative estimate of drug-likeness (QED) is 0.449. The van der Waals surface area contributed by atoms with Crippen LogP contribution in [0.2, 0.25) is 0 Å². The predicted molar refractivity (Wildman–Crippen MR) is 48.4 cm³/mol. The molecule has 0 aliphatic rings. The van der Waals surface area contributed by atoms with E-state index >= 15 is 0 Å². The molecule has 0 rings (SSSR count). The van der Waals surface area contributed by atoms with Crippen LogP contribution in [0.25, 0.3) is 0 Å². The Kier molecular flexibility index (Phi) is 6.83. The Morgan fingerprint density at radius 3 is 2.58 bits per heavy atom. The van der Waals surface area contributed by atoms with Gasteiger partial charge in [0.2, 0.25) is 0 Å². The molecule has 0 bridgehead atoms. The van der Waals surface area contributed by atoms with Crippen LogP contribution in [0.3, 0.4) is 0 Å². The van der Waals surface area contributed by atoms with Crippen molar-refractivity contribution in [1.82, 2.24) is 0 Å². The number of rotatable bonds is 7. The molecule has 4 nitrogen and oxygen atoms in total. The van der Waals surface area contributed by atoms with Gasteiger partial charge in [-0.2, -0.15) is 11.8 Å². The van der Waals surface area contributed by atoms with Crippen molar-refractivity contribution in [3.05, 3.63) is 0 Å². The van der Waals surface area contributed by atoms with E-state index < -0.39 is 15.9 Å². The van der Waals surface area contributed by atoms with Crippen molar-refractivity contribution < 1.29 is 17.7 Å². The lowest BCUT2D eigenvalue weighted by Gasteiger charge is -2.06. The first-order valence-electron chi connectivity index (χ1n) is 3.65. The maximum absolute atomic E-state index is 10.1. The molecule has 6 heteroatoms. The summed E-state index contributed by atoms with van der Waals surface area (Å²) >= 11 is 1.71. The fraction of sp³-hybridized carbons (Fsp3) is 1.00. The SMILES string of the molecule is CCSCCOCCS(=O)(=O)[O-]. The summed E-state index contributed by atoms with van der Waals surface area (Å²) in [4.78, 5) is 0. The second kappa shape index (κ2) is 6.71. The molecule has 0 aliphatic heterocycles. The summed E-state index contributed by atoms with van der Waals surface area (Å²) in [6.07, 6.45) is 0. The van der Waals surface area contributed by atoms with Gasteiger partial charge < -0.3 is 9.29 Å². The minimum absolute atomic E-state index is 0.0100. The van der Waals surface area contributed by atoms with E-state index in [0.717, 1.165) is 11.5 Å². The van der Waals surface area contributed by atoms with E-state index in [-0.39, 0.29) is 6.61 Å². The van der Waals surface area contributed by atoms with Gasteiger partial charge >= 0.3 is 0 Å². The molecule has 0 aromatic carbocycles. The van der Waals surface area contributed by atoms with Gasteiger partial charge in [-0.15, -0.1) is 0 Å². The molecular formula is C6H13O4S2-. The van der Waals surface area contributed by atoms with Crippen molar-refractivity contribution in [2.24, 2.45) is 0 Å². The average Bonchev–Trinajstić information content (AvgIpc) is 1.94. The number of hydrogen-bond donors (Lipinski definition) is 0. The summed E-state index contributed by atoms with van der Waals surface area (Å²) in [5, 5.41) is 0. The molecule has 0 fully saturated rings. The van der Waals surface area contributed by atoms with Crippen LogP contribution in [-0.2, 0) is 14.9 Å². The van der Waals surface area contributed by atoms with E-state index in [1.165, 1.54) is 0 Å². The molecular weight excluding hydrogens is 200 g/mol. The molecule has 0 saturated carbocycles. The summed E-state index contributed by atoms with van der Waals surface area (Å²) in [5.74, 6) is 1.43. The summed E-state index contributed by atoms with van der Waals surface area (Å²) in [7, 11) is -4.10. The fourth-order valence-electron chi connectivity index (χ4n) is 0.525. The molecule has 0 heterocycles. The highest BCUT2D eigenvalue weighted by Gasteiger charge is 1.94. The normalized spacial score (nSPS) is 11.8. The van der Waals surface area contributed by atoms with Crippen LogP contribution in [0.15, 0.2) is 0 Å². The largest absolute Gasteiger partial charge is 0.748 e. The van der Waals surface area contributed by atoms with Gasteiger partial charge in [-0.05, 0) is 5.75 Å². The van der Waals surface area contributed by atoms with Crippen LogP contribution in [0.4, 0.5) is 0 Å². The smallest absolute Gasteiger partial charge is 0.0968 e. The molecule has 74 valence electrons. The molecule has 0 radical (unpaired) electrons. The Labute approximate surface area is 77.4 Å². The highest BCUT2D eigenvalue weighted by atomic mass is 32.2. The van der Waals surface area contributed by atoms with Crippen molar-refractivity contribution >= 4 is 21.9 Å². The zero-order chi connectivity index (χ0) is 9.45. The van der Waals surface area contributed by atoms with Crippen molar-refractivity contribution in [2.45, 2.75) is 6.92 Å². The minimum atomic E-state index is -4.10. The Balaban J connectivity index is 3.12. The lowest BCUT2D eigenvalue weighted by atomic mass is 10.8. The van der Waals surface area contributed by atoms with E-state index in [0.29, 0.717) is 6.61 Å². The van der Waals surface area contributed by atoms with Gasteiger partial charge in [0, 0.05) is 5.75 Å². The summed E-state index contributed by atoms with van der Waals surface area (Å²) in [6, 6.07) is 0. The first-order valence-corrected chi connectivity index (χ1v) is 6.38. The van der Waals surface area contributed by atoms with Crippen LogP contribution < -0.4 is 0 Å². The summed E-state index contributed by atoms with van der Waals surface area (Å²) in [5.41, 5.74) is 0. The third kappa shape index (κ3) is 10.2. The van der Waals surface area contributed by atoms with Crippen molar-refractivity contribution in [3.8, 4) is 0 Å². The van der Waals surface area contributed by atoms with Crippen LogP contribution in [0.5, 0.6) is 0 Å². The van der Waals surface area contributed by atoms with Crippen molar-refractivity contribution in [1.29, 1.82) is 0 Å². The van der Waals surface area contributed by atoms with Gasteiger partial charge in [-0.25, -0.2) is 8.42 Å². The summed E-state index contributed by atoms with van der Waals surface area (Å²) in [6.45, 7) is 2.55. The predicted octanol–water partition coefficient (Wildman–Crippen LogP) is 0.301. The molecule has 0 aromatic heterocycles. The van der Waals surface area contributed by atoms with E-state index in [4.69, 9.17) is 4.74 Å². The summed E-state index contributed by atoms with van der Waals surface area (Å²) < 4.78 is 35.1. The molecule has 12 heavy (non-hydrogen) atoms. The van der Waals surface area contributed by atoms with Gasteiger partial charge in [0.25, 0.3) is 0 Å². The molecule has 0 unspecified atom stereocenters. The standard InChI is InChI=1S/C6H14O4S2/c1-2-11-5-3-10-4-6-12(7,8)9/h2-6H2,1H3,(H,7,8,9)/p-1. The Morgan fingerprint density at radius 1 is 1.42 bits per heavy atom. The molecule has 0 atom stereocenters. The average molecular weight is 213 g/mol. The van der Waals surface area contributed by atoms with Crippen molar-refractivity contribution in [3.63, 3.8) is 0 Å². The van der Waals surface area contributed by atoms with E-state index in [1.807, 2.05) is 6.92 Å². The van der Waals surface area contributed by atoms with Gasteiger partial charge in [0.15, 0.2) is 0 Å². The fourth-order valence-corrected chi connectivity index (χ4v) is 1.37. The molecule has 0 aliphatic carbocycles. The van der Waals surface area contributed by atoms with Gasteiger partial charge in [-0.3, -0.25) is 0 Å². The zero-order valence-corrected chi connectivity index (χ0v) is 8.62. The molecule has 0 amide bonds. The minimum Gasteiger partial charge on any atom is -0.748 e. The number of hydrogen-bond acceptors (Lipinski definition) is 5. The van der Waals surface area contributed by atoms with Crippen LogP contribution in [0, 0.1) is 0 Å². The number of thioether (sulfide) groups is 1. The maximum atomic E-state index is 10.1. The first-order chi connectivity index (χ1) is 5.56. The molecule has 0 saturated heterocycles. The van der Waals surface area contributed by atoms with Crippen molar-refractivity contribution in [2.75, 3.05) is 30.5 Å². The second-order valence-corrected chi connectivity index (χ2v) is 4.99. The van der Waals surface area contributed by atoms with Crippen LogP contribution >= 0.6 is 11.8 Å². The third-order valence-corrected chi connectivity index (χ3v) is 2.58. The second-order valence-electron chi connectivity index (χ2n) is 2.07. The third-order valence-electron chi connectivity index (χ3n) is 1.05. The molecule has 0 spiro atoms. The maximum Gasteiger partial charge on any atom is 0.0968 e. The lowest BCUT2D eigenvalue weighted by molar-refractivity contribution is 0.164.